The molecule has 142 valence electrons. The molecule has 1 aliphatic rings. The number of likely N-dealkylation sites (tertiary alicyclic amines) is 1. The van der Waals surface area contributed by atoms with Crippen molar-refractivity contribution in [2.75, 3.05) is 6.54 Å². The van der Waals surface area contributed by atoms with Crippen molar-refractivity contribution in [2.45, 2.75) is 63.5 Å². The number of carbonyl (C=O) groups excluding carboxylic acids is 1. The Balaban J connectivity index is 1.74. The summed E-state index contributed by atoms with van der Waals surface area (Å²) in [6.45, 7) is 0.704. The van der Waals surface area contributed by atoms with Crippen molar-refractivity contribution in [1.82, 2.24) is 4.90 Å². The highest BCUT2D eigenvalue weighted by Gasteiger charge is 2.28. The Hall–Kier alpha value is -2.14. The van der Waals surface area contributed by atoms with Gasteiger partial charge in [-0.15, -0.1) is 0 Å². The first-order chi connectivity index (χ1) is 12.6. The lowest BCUT2D eigenvalue weighted by Gasteiger charge is -2.22. The SMILES string of the molecule is O=C(O)CCCCCCN1C(=O)CC[C@@H]1/C=C/[C@H](O)Cc1ccccc1. The number of carboxylic acids is 1. The van der Waals surface area contributed by atoms with Gasteiger partial charge < -0.3 is 15.1 Å². The van der Waals surface area contributed by atoms with Crippen LogP contribution in [0.25, 0.3) is 0 Å². The number of benzene rings is 1. The highest BCUT2D eigenvalue weighted by atomic mass is 16.4. The lowest BCUT2D eigenvalue weighted by atomic mass is 10.1. The lowest BCUT2D eigenvalue weighted by molar-refractivity contribution is -0.137. The molecule has 0 aromatic heterocycles. The number of carbonyl (C=O) groups is 2. The third-order valence-corrected chi connectivity index (χ3v) is 4.76. The molecule has 1 aromatic carbocycles. The fourth-order valence-electron chi connectivity index (χ4n) is 3.34. The van der Waals surface area contributed by atoms with Crippen LogP contribution in [0, 0.1) is 0 Å². The van der Waals surface area contributed by atoms with Crippen LogP contribution >= 0.6 is 0 Å². The van der Waals surface area contributed by atoms with Crippen LogP contribution in [0.1, 0.15) is 50.5 Å². The van der Waals surface area contributed by atoms with Crippen LogP contribution in [-0.4, -0.2) is 45.7 Å². The average Bonchev–Trinajstić information content (AvgIpc) is 2.97. The molecule has 0 unspecified atom stereocenters. The molecule has 1 saturated heterocycles. The zero-order valence-electron chi connectivity index (χ0n) is 15.2. The van der Waals surface area contributed by atoms with E-state index >= 15 is 0 Å². The van der Waals surface area contributed by atoms with Crippen LogP contribution < -0.4 is 0 Å². The van der Waals surface area contributed by atoms with Crippen molar-refractivity contribution in [2.24, 2.45) is 0 Å². The van der Waals surface area contributed by atoms with Crippen molar-refractivity contribution in [3.63, 3.8) is 0 Å². The molecule has 0 spiro atoms. The van der Waals surface area contributed by atoms with Gasteiger partial charge >= 0.3 is 5.97 Å². The van der Waals surface area contributed by atoms with Gasteiger partial charge in [-0.2, -0.15) is 0 Å². The van der Waals surface area contributed by atoms with E-state index in [1.807, 2.05) is 41.3 Å². The normalized spacial score (nSPS) is 18.6. The van der Waals surface area contributed by atoms with Crippen LogP contribution in [0.5, 0.6) is 0 Å². The van der Waals surface area contributed by atoms with E-state index in [9.17, 15) is 14.7 Å². The van der Waals surface area contributed by atoms with Crippen molar-refractivity contribution in [3.05, 3.63) is 48.0 Å². The van der Waals surface area contributed by atoms with Crippen molar-refractivity contribution in [3.8, 4) is 0 Å². The molecule has 1 heterocycles. The molecule has 0 bridgehead atoms. The molecule has 1 aliphatic heterocycles. The molecular formula is C21H29NO4. The van der Waals surface area contributed by atoms with E-state index in [-0.39, 0.29) is 18.4 Å². The summed E-state index contributed by atoms with van der Waals surface area (Å²) < 4.78 is 0. The first-order valence-corrected chi connectivity index (χ1v) is 9.48. The van der Waals surface area contributed by atoms with Crippen LogP contribution in [0.4, 0.5) is 0 Å². The zero-order valence-corrected chi connectivity index (χ0v) is 15.2. The molecule has 1 amide bonds. The number of aliphatic hydroxyl groups is 1. The van der Waals surface area contributed by atoms with Crippen molar-refractivity contribution < 1.29 is 19.8 Å². The van der Waals surface area contributed by atoms with Gasteiger partial charge in [0.05, 0.1) is 12.1 Å². The van der Waals surface area contributed by atoms with E-state index in [1.54, 1.807) is 6.08 Å². The molecule has 1 fully saturated rings. The molecule has 2 rings (SSSR count). The van der Waals surface area contributed by atoms with Gasteiger partial charge in [0, 0.05) is 25.8 Å². The van der Waals surface area contributed by atoms with Gasteiger partial charge in [-0.3, -0.25) is 9.59 Å². The molecule has 0 radical (unpaired) electrons. The lowest BCUT2D eigenvalue weighted by Crippen LogP contribution is -2.32. The molecule has 1 aromatic rings. The number of aliphatic carboxylic acids is 1. The molecule has 5 heteroatoms. The van der Waals surface area contributed by atoms with Crippen molar-refractivity contribution in [1.29, 1.82) is 0 Å². The fourth-order valence-corrected chi connectivity index (χ4v) is 3.34. The molecule has 2 atom stereocenters. The fraction of sp³-hybridized carbons (Fsp3) is 0.524. The van der Waals surface area contributed by atoms with E-state index in [0.29, 0.717) is 25.8 Å². The number of amides is 1. The highest BCUT2D eigenvalue weighted by molar-refractivity contribution is 5.79. The standard InChI is InChI=1S/C21H29NO4/c23-19(16-17-8-4-3-5-9-17)13-11-18-12-14-20(24)22(18)15-7-2-1-6-10-21(25)26/h3-5,8-9,11,13,18-19,23H,1-2,6-7,10,12,14-16H2,(H,25,26)/b13-11+/t18-,19-/m0/s1. The Morgan fingerprint density at radius 2 is 1.92 bits per heavy atom. The Morgan fingerprint density at radius 1 is 1.19 bits per heavy atom. The molecule has 0 saturated carbocycles. The van der Waals surface area contributed by atoms with E-state index < -0.39 is 12.1 Å². The maximum absolute atomic E-state index is 12.1. The number of hydrogen-bond acceptors (Lipinski definition) is 3. The number of unbranched alkanes of at least 4 members (excludes halogenated alkanes) is 3. The Labute approximate surface area is 155 Å². The van der Waals surface area contributed by atoms with Crippen LogP contribution in [0.2, 0.25) is 0 Å². The van der Waals surface area contributed by atoms with Crippen LogP contribution in [-0.2, 0) is 16.0 Å². The number of aliphatic hydroxyl groups excluding tert-OH is 1. The second kappa shape index (κ2) is 10.8. The zero-order chi connectivity index (χ0) is 18.8. The topological polar surface area (TPSA) is 77.8 Å². The van der Waals surface area contributed by atoms with Gasteiger partial charge in [-0.1, -0.05) is 55.3 Å². The third-order valence-electron chi connectivity index (χ3n) is 4.76. The third kappa shape index (κ3) is 7.00. The minimum Gasteiger partial charge on any atom is -0.481 e. The summed E-state index contributed by atoms with van der Waals surface area (Å²) in [5, 5.41) is 18.8. The van der Waals surface area contributed by atoms with Gasteiger partial charge in [-0.05, 0) is 24.8 Å². The van der Waals surface area contributed by atoms with Gasteiger partial charge in [-0.25, -0.2) is 0 Å². The van der Waals surface area contributed by atoms with E-state index in [1.165, 1.54) is 0 Å². The Kier molecular flexibility index (Phi) is 8.35. The second-order valence-electron chi connectivity index (χ2n) is 6.89. The second-order valence-corrected chi connectivity index (χ2v) is 6.89. The maximum atomic E-state index is 12.1. The van der Waals surface area contributed by atoms with Gasteiger partial charge in [0.2, 0.25) is 5.91 Å². The van der Waals surface area contributed by atoms with E-state index in [0.717, 1.165) is 31.2 Å². The molecule has 2 N–H and O–H groups in total. The predicted molar refractivity (Wildman–Crippen MR) is 101 cm³/mol. The first kappa shape index (κ1) is 20.2. The number of carboxylic acid groups (broad SMARTS) is 1. The largest absolute Gasteiger partial charge is 0.481 e. The summed E-state index contributed by atoms with van der Waals surface area (Å²) in [5.41, 5.74) is 1.09. The average molecular weight is 359 g/mol. The summed E-state index contributed by atoms with van der Waals surface area (Å²) in [7, 11) is 0. The minimum atomic E-state index is -0.751. The number of hydrogen-bond donors (Lipinski definition) is 2. The summed E-state index contributed by atoms with van der Waals surface area (Å²) >= 11 is 0. The van der Waals surface area contributed by atoms with Crippen LogP contribution in [0.3, 0.4) is 0 Å². The van der Waals surface area contributed by atoms with Gasteiger partial charge in [0.25, 0.3) is 0 Å². The highest BCUT2D eigenvalue weighted by Crippen LogP contribution is 2.21. The summed E-state index contributed by atoms with van der Waals surface area (Å²) in [4.78, 5) is 24.5. The minimum absolute atomic E-state index is 0.0620. The van der Waals surface area contributed by atoms with E-state index in [2.05, 4.69) is 0 Å². The Morgan fingerprint density at radius 3 is 2.65 bits per heavy atom. The molecular weight excluding hydrogens is 330 g/mol. The van der Waals surface area contributed by atoms with Crippen LogP contribution in [0.15, 0.2) is 42.5 Å². The van der Waals surface area contributed by atoms with E-state index in [4.69, 9.17) is 5.11 Å². The smallest absolute Gasteiger partial charge is 0.303 e. The predicted octanol–water partition coefficient (Wildman–Crippen LogP) is 3.17. The van der Waals surface area contributed by atoms with Crippen molar-refractivity contribution >= 4 is 11.9 Å². The first-order valence-electron chi connectivity index (χ1n) is 9.48. The maximum Gasteiger partial charge on any atom is 0.303 e. The summed E-state index contributed by atoms with van der Waals surface area (Å²) in [6, 6.07) is 9.92. The number of nitrogens with zero attached hydrogens (tertiary/aromatic N) is 1. The quantitative estimate of drug-likeness (QED) is 0.470. The van der Waals surface area contributed by atoms with Gasteiger partial charge in [0.15, 0.2) is 0 Å². The number of rotatable bonds is 11. The summed E-state index contributed by atoms with van der Waals surface area (Å²) in [6.07, 6.45) is 8.75. The molecule has 0 aliphatic carbocycles. The van der Waals surface area contributed by atoms with Gasteiger partial charge in [0.1, 0.15) is 0 Å². The molecule has 5 nitrogen and oxygen atoms in total. The molecule has 26 heavy (non-hydrogen) atoms. The monoisotopic (exact) mass is 359 g/mol. The Bertz CT molecular complexity index is 599. The summed E-state index contributed by atoms with van der Waals surface area (Å²) in [5.74, 6) is -0.582.